The van der Waals surface area contributed by atoms with Crippen molar-refractivity contribution in [3.05, 3.63) is 0 Å². The summed E-state index contributed by atoms with van der Waals surface area (Å²) in [7, 11) is -9.89. The number of carbonyl (C=O) groups excluding carboxylic acids is 4. The van der Waals surface area contributed by atoms with Crippen molar-refractivity contribution in [3.63, 3.8) is 0 Å². The van der Waals surface area contributed by atoms with Crippen molar-refractivity contribution in [3.8, 4) is 0 Å². The molecular formula is C68H132O17P2. The second-order valence-electron chi connectivity index (χ2n) is 25.0. The van der Waals surface area contributed by atoms with E-state index in [0.29, 0.717) is 25.7 Å². The van der Waals surface area contributed by atoms with Gasteiger partial charge in [0.05, 0.1) is 26.4 Å². The number of aliphatic hydroxyl groups excluding tert-OH is 1. The summed E-state index contributed by atoms with van der Waals surface area (Å²) in [4.78, 5) is 72.3. The first-order valence-electron chi connectivity index (χ1n) is 35.6. The average molecular weight is 1280 g/mol. The van der Waals surface area contributed by atoms with Crippen LogP contribution in [0.25, 0.3) is 0 Å². The van der Waals surface area contributed by atoms with Gasteiger partial charge in [-0.05, 0) is 31.6 Å². The highest BCUT2D eigenvalue weighted by Gasteiger charge is 2.30. The van der Waals surface area contributed by atoms with Crippen molar-refractivity contribution in [2.75, 3.05) is 39.6 Å². The van der Waals surface area contributed by atoms with Crippen LogP contribution in [0.15, 0.2) is 0 Å². The van der Waals surface area contributed by atoms with E-state index in [-0.39, 0.29) is 25.7 Å². The molecule has 0 saturated heterocycles. The second-order valence-corrected chi connectivity index (χ2v) is 27.9. The second kappa shape index (κ2) is 61.6. The molecule has 0 fully saturated rings. The van der Waals surface area contributed by atoms with Crippen LogP contribution < -0.4 is 0 Å². The first kappa shape index (κ1) is 85.1. The molecule has 0 saturated carbocycles. The van der Waals surface area contributed by atoms with Crippen molar-refractivity contribution >= 4 is 39.5 Å². The Kier molecular flexibility index (Phi) is 60.2. The Morgan fingerprint density at radius 3 is 0.782 bits per heavy atom. The number of esters is 4. The molecule has 0 heterocycles. The summed E-state index contributed by atoms with van der Waals surface area (Å²) in [6.07, 6.45) is 47.2. The molecular weight excluding hydrogens is 1150 g/mol. The Balaban J connectivity index is 5.19. The van der Waals surface area contributed by atoms with Crippen molar-refractivity contribution in [2.45, 2.75) is 368 Å². The zero-order valence-corrected chi connectivity index (χ0v) is 57.9. The van der Waals surface area contributed by atoms with Gasteiger partial charge in [-0.1, -0.05) is 298 Å². The van der Waals surface area contributed by atoms with E-state index in [1.807, 2.05) is 0 Å². The molecule has 0 radical (unpaired) electrons. The van der Waals surface area contributed by atoms with Gasteiger partial charge in [0.25, 0.3) is 0 Å². The molecule has 0 aliphatic rings. The van der Waals surface area contributed by atoms with Gasteiger partial charge < -0.3 is 33.8 Å². The van der Waals surface area contributed by atoms with E-state index in [2.05, 4.69) is 34.6 Å². The Labute approximate surface area is 530 Å². The standard InChI is InChI=1S/C68H132O17P2/c1-6-9-12-15-18-20-22-25-29-33-37-42-47-52-66(71)79-58-64(85-68(73)54-49-44-39-34-30-27-24-23-26-28-31-36-40-45-50-61(4)5)60-83-87(76,77)81-56-62(69)55-80-86(74,75)82-59-63(57-78-65(70)51-46-41-35-17-14-11-8-3)84-67(72)53-48-43-38-32-21-19-16-13-10-7-2/h61-64,69H,6-60H2,1-5H3,(H,74,75)(H,76,77)/t62-,63+,64+/m0/s1. The molecule has 0 aromatic rings. The molecule has 0 aliphatic heterocycles. The van der Waals surface area contributed by atoms with Gasteiger partial charge in [0, 0.05) is 25.7 Å². The van der Waals surface area contributed by atoms with E-state index in [1.54, 1.807) is 0 Å². The predicted octanol–water partition coefficient (Wildman–Crippen LogP) is 19.4. The van der Waals surface area contributed by atoms with Gasteiger partial charge in [-0.25, -0.2) is 9.13 Å². The number of phosphoric ester groups is 2. The minimum Gasteiger partial charge on any atom is -0.462 e. The Morgan fingerprint density at radius 1 is 0.310 bits per heavy atom. The van der Waals surface area contributed by atoms with Crippen LogP contribution >= 0.6 is 15.6 Å². The third kappa shape index (κ3) is 62.6. The Hall–Kier alpha value is -1.94. The first-order valence-corrected chi connectivity index (χ1v) is 38.6. The number of carbonyl (C=O) groups is 4. The number of phosphoric acid groups is 2. The molecule has 87 heavy (non-hydrogen) atoms. The van der Waals surface area contributed by atoms with Crippen LogP contribution in [0.5, 0.6) is 0 Å². The normalized spacial score (nSPS) is 14.1. The van der Waals surface area contributed by atoms with Crippen molar-refractivity contribution in [1.82, 2.24) is 0 Å². The molecule has 19 heteroatoms. The van der Waals surface area contributed by atoms with Crippen molar-refractivity contribution < 1.29 is 80.2 Å². The fraction of sp³-hybridized carbons (Fsp3) is 0.941. The van der Waals surface area contributed by atoms with Gasteiger partial charge in [0.2, 0.25) is 0 Å². The summed E-state index contributed by atoms with van der Waals surface area (Å²) >= 11 is 0. The molecule has 0 bridgehead atoms. The van der Waals surface area contributed by atoms with Crippen molar-refractivity contribution in [1.29, 1.82) is 0 Å². The largest absolute Gasteiger partial charge is 0.472 e. The van der Waals surface area contributed by atoms with Gasteiger partial charge in [-0.2, -0.15) is 0 Å². The maximum absolute atomic E-state index is 13.0. The maximum Gasteiger partial charge on any atom is 0.472 e. The zero-order chi connectivity index (χ0) is 64.2. The van der Waals surface area contributed by atoms with Crippen LogP contribution in [0.4, 0.5) is 0 Å². The van der Waals surface area contributed by atoms with E-state index < -0.39 is 97.5 Å². The zero-order valence-electron chi connectivity index (χ0n) is 56.2. The van der Waals surface area contributed by atoms with Gasteiger partial charge in [0.15, 0.2) is 12.2 Å². The third-order valence-corrected chi connectivity index (χ3v) is 17.7. The number of hydrogen-bond acceptors (Lipinski definition) is 15. The van der Waals surface area contributed by atoms with Crippen molar-refractivity contribution in [2.24, 2.45) is 5.92 Å². The maximum atomic E-state index is 13.0. The fourth-order valence-electron chi connectivity index (χ4n) is 10.3. The Bertz CT molecular complexity index is 1690. The number of aliphatic hydroxyl groups is 1. The van der Waals surface area contributed by atoms with E-state index in [9.17, 15) is 43.2 Å². The average Bonchev–Trinajstić information content (AvgIpc) is 3.71. The number of ether oxygens (including phenoxy) is 4. The summed E-state index contributed by atoms with van der Waals surface area (Å²) < 4.78 is 68.1. The molecule has 0 aromatic carbocycles. The fourth-order valence-corrected chi connectivity index (χ4v) is 11.9. The first-order chi connectivity index (χ1) is 42.0. The summed E-state index contributed by atoms with van der Waals surface area (Å²) in [5.74, 6) is -1.33. The third-order valence-electron chi connectivity index (χ3n) is 15.8. The summed E-state index contributed by atoms with van der Waals surface area (Å²) in [5.41, 5.74) is 0. The van der Waals surface area contributed by atoms with E-state index in [4.69, 9.17) is 37.0 Å². The van der Waals surface area contributed by atoms with Gasteiger partial charge in [-0.3, -0.25) is 37.3 Å². The summed E-state index contributed by atoms with van der Waals surface area (Å²) in [5, 5.41) is 10.6. The van der Waals surface area contributed by atoms with Crippen LogP contribution in [-0.4, -0.2) is 96.7 Å². The minimum atomic E-state index is -4.95. The predicted molar refractivity (Wildman–Crippen MR) is 349 cm³/mol. The minimum absolute atomic E-state index is 0.106. The molecule has 5 atom stereocenters. The SMILES string of the molecule is CCCCCCCCCCCCCCCC(=O)OC[C@H](COP(=O)(O)OC[C@@H](O)COP(=O)(O)OC[C@@H](COC(=O)CCCCCCCCC)OC(=O)CCCCCCCCCCCC)OC(=O)CCCCCCCCCCCCCCCCC(C)C. The lowest BCUT2D eigenvalue weighted by atomic mass is 10.0. The van der Waals surface area contributed by atoms with Gasteiger partial charge in [0.1, 0.15) is 19.3 Å². The van der Waals surface area contributed by atoms with E-state index >= 15 is 0 Å². The van der Waals surface area contributed by atoms with E-state index in [1.165, 1.54) is 161 Å². The number of hydrogen-bond donors (Lipinski definition) is 3. The highest BCUT2D eigenvalue weighted by molar-refractivity contribution is 7.47. The van der Waals surface area contributed by atoms with Crippen LogP contribution in [-0.2, 0) is 65.4 Å². The molecule has 2 unspecified atom stereocenters. The summed E-state index contributed by atoms with van der Waals surface area (Å²) in [6.45, 7) is 7.21. The van der Waals surface area contributed by atoms with Gasteiger partial charge in [-0.15, -0.1) is 0 Å². The lowest BCUT2D eigenvalue weighted by molar-refractivity contribution is -0.161. The molecule has 3 N–H and O–H groups in total. The molecule has 17 nitrogen and oxygen atoms in total. The smallest absolute Gasteiger partial charge is 0.462 e. The molecule has 0 aromatic heterocycles. The van der Waals surface area contributed by atoms with Crippen LogP contribution in [0.3, 0.4) is 0 Å². The topological polar surface area (TPSA) is 237 Å². The molecule has 0 aliphatic carbocycles. The number of unbranched alkanes of at least 4 members (excludes halogenated alkanes) is 40. The molecule has 516 valence electrons. The Morgan fingerprint density at radius 2 is 0.529 bits per heavy atom. The highest BCUT2D eigenvalue weighted by Crippen LogP contribution is 2.45. The van der Waals surface area contributed by atoms with Crippen LogP contribution in [0, 0.1) is 5.92 Å². The lowest BCUT2D eigenvalue weighted by Crippen LogP contribution is -2.30. The highest BCUT2D eigenvalue weighted by atomic mass is 31.2. The monoisotopic (exact) mass is 1280 g/mol. The quantitative estimate of drug-likeness (QED) is 0.0222. The lowest BCUT2D eigenvalue weighted by Gasteiger charge is -2.21. The molecule has 0 amide bonds. The molecule has 0 spiro atoms. The van der Waals surface area contributed by atoms with Crippen LogP contribution in [0.1, 0.15) is 349 Å². The van der Waals surface area contributed by atoms with Crippen LogP contribution in [0.2, 0.25) is 0 Å². The van der Waals surface area contributed by atoms with E-state index in [0.717, 1.165) is 109 Å². The van der Waals surface area contributed by atoms with Gasteiger partial charge >= 0.3 is 39.5 Å². The summed E-state index contributed by atoms with van der Waals surface area (Å²) in [6, 6.07) is 0. The molecule has 0 rings (SSSR count). The number of rotatable bonds is 68.